The van der Waals surface area contributed by atoms with Gasteiger partial charge in [-0.1, -0.05) is 59.6 Å². The minimum Gasteiger partial charge on any atom is -0.495 e. The molecule has 0 saturated carbocycles. The number of sulfonamides is 1. The number of nitrogens with one attached hydrogen (secondary N) is 1. The number of carbonyl (C=O) groups excluding carboxylic acids is 2. The second kappa shape index (κ2) is 12.8. The summed E-state index contributed by atoms with van der Waals surface area (Å²) in [5.41, 5.74) is 2.08. The van der Waals surface area contributed by atoms with Gasteiger partial charge in [-0.15, -0.1) is 0 Å². The molecule has 202 valence electrons. The summed E-state index contributed by atoms with van der Waals surface area (Å²) in [4.78, 5) is 27.7. The number of aryl methyl sites for hydroxylation is 1. The maximum atomic E-state index is 13.8. The van der Waals surface area contributed by atoms with Crippen molar-refractivity contribution < 1.29 is 22.7 Å². The van der Waals surface area contributed by atoms with Crippen molar-refractivity contribution in [1.29, 1.82) is 0 Å². The van der Waals surface area contributed by atoms with Gasteiger partial charge in [-0.25, -0.2) is 8.42 Å². The van der Waals surface area contributed by atoms with Gasteiger partial charge in [0.25, 0.3) is 10.0 Å². The topological polar surface area (TPSA) is 96.0 Å². The van der Waals surface area contributed by atoms with Crippen LogP contribution >= 0.6 is 11.6 Å². The molecule has 0 bridgehead atoms. The minimum atomic E-state index is -4.17. The molecule has 0 saturated heterocycles. The molecule has 1 N–H and O–H groups in total. The van der Waals surface area contributed by atoms with Gasteiger partial charge in [0.15, 0.2) is 0 Å². The van der Waals surface area contributed by atoms with E-state index in [0.717, 1.165) is 15.4 Å². The van der Waals surface area contributed by atoms with Gasteiger partial charge in [0.1, 0.15) is 18.3 Å². The van der Waals surface area contributed by atoms with Crippen molar-refractivity contribution in [2.45, 2.75) is 31.2 Å². The largest absolute Gasteiger partial charge is 0.495 e. The molecular weight excluding hydrogens is 526 g/mol. The van der Waals surface area contributed by atoms with Crippen LogP contribution in [0.5, 0.6) is 5.75 Å². The van der Waals surface area contributed by atoms with Gasteiger partial charge >= 0.3 is 0 Å². The fourth-order valence-corrected chi connectivity index (χ4v) is 5.61. The highest BCUT2D eigenvalue weighted by molar-refractivity contribution is 7.92. The number of amides is 2. The van der Waals surface area contributed by atoms with Crippen LogP contribution in [0.15, 0.2) is 77.7 Å². The molecular formula is C28H32ClN3O5S. The molecule has 3 aromatic carbocycles. The molecule has 0 fully saturated rings. The van der Waals surface area contributed by atoms with Gasteiger partial charge in [0.2, 0.25) is 11.8 Å². The van der Waals surface area contributed by atoms with E-state index in [1.807, 2.05) is 37.3 Å². The molecule has 10 heteroatoms. The zero-order valence-corrected chi connectivity index (χ0v) is 23.4. The Hall–Kier alpha value is -3.56. The molecule has 3 rings (SSSR count). The highest BCUT2D eigenvalue weighted by Gasteiger charge is 2.32. The van der Waals surface area contributed by atoms with E-state index in [2.05, 4.69) is 5.32 Å². The molecule has 3 aromatic rings. The predicted octanol–water partition coefficient (Wildman–Crippen LogP) is 4.06. The van der Waals surface area contributed by atoms with E-state index in [4.69, 9.17) is 16.3 Å². The SMILES string of the molecule is CNC(=O)[C@H](C)N(CCc1ccccc1)C(=O)CN(c1ccc(OC)c(Cl)c1)S(=O)(=O)c1ccc(C)cc1. The Kier molecular flexibility index (Phi) is 9.77. The van der Waals surface area contributed by atoms with E-state index < -0.39 is 28.5 Å². The van der Waals surface area contributed by atoms with Gasteiger partial charge in [-0.2, -0.15) is 0 Å². The van der Waals surface area contributed by atoms with Crippen molar-refractivity contribution in [2.75, 3.05) is 31.6 Å². The molecule has 38 heavy (non-hydrogen) atoms. The maximum absolute atomic E-state index is 13.8. The summed E-state index contributed by atoms with van der Waals surface area (Å²) in [6, 6.07) is 19.6. The standard InChI is InChI=1S/C28H32ClN3O5S/c1-20-10-13-24(14-11-20)38(35,36)32(23-12-15-26(37-4)25(29)18-23)19-27(33)31(21(2)28(34)30-3)17-16-22-8-6-5-7-9-22/h5-15,18,21H,16-17,19H2,1-4H3,(H,30,34)/t21-/m0/s1. The Balaban J connectivity index is 2.01. The van der Waals surface area contributed by atoms with Gasteiger partial charge < -0.3 is 15.0 Å². The lowest BCUT2D eigenvalue weighted by Gasteiger charge is -2.32. The number of hydrogen-bond acceptors (Lipinski definition) is 5. The number of hydrogen-bond donors (Lipinski definition) is 1. The Morgan fingerprint density at radius 3 is 2.26 bits per heavy atom. The third kappa shape index (κ3) is 6.85. The van der Waals surface area contributed by atoms with Crippen LogP contribution in [0.1, 0.15) is 18.1 Å². The van der Waals surface area contributed by atoms with Crippen molar-refractivity contribution in [3.05, 3.63) is 88.9 Å². The lowest BCUT2D eigenvalue weighted by Crippen LogP contribution is -2.51. The van der Waals surface area contributed by atoms with Gasteiger partial charge in [-0.05, 0) is 56.2 Å². The number of carbonyl (C=O) groups is 2. The van der Waals surface area contributed by atoms with Crippen molar-refractivity contribution in [3.8, 4) is 5.75 Å². The summed E-state index contributed by atoms with van der Waals surface area (Å²) in [7, 11) is -1.22. The van der Waals surface area contributed by atoms with Crippen LogP contribution in [0.2, 0.25) is 5.02 Å². The number of anilines is 1. The fraction of sp³-hybridized carbons (Fsp3) is 0.286. The monoisotopic (exact) mass is 557 g/mol. The first-order valence-corrected chi connectivity index (χ1v) is 13.9. The summed E-state index contributed by atoms with van der Waals surface area (Å²) in [5, 5.41) is 2.76. The van der Waals surface area contributed by atoms with Crippen LogP contribution in [0.25, 0.3) is 0 Å². The fourth-order valence-electron chi connectivity index (χ4n) is 3.96. The summed E-state index contributed by atoms with van der Waals surface area (Å²) in [6.45, 7) is 3.16. The molecule has 0 heterocycles. The normalized spacial score (nSPS) is 11.9. The molecule has 2 amide bonds. The first-order valence-electron chi connectivity index (χ1n) is 12.1. The quantitative estimate of drug-likeness (QED) is 0.383. The average Bonchev–Trinajstić information content (AvgIpc) is 2.91. The van der Waals surface area contributed by atoms with Gasteiger partial charge in [0, 0.05) is 13.6 Å². The third-order valence-corrected chi connectivity index (χ3v) is 8.29. The molecule has 0 aliphatic heterocycles. The predicted molar refractivity (Wildman–Crippen MR) is 149 cm³/mol. The second-order valence-electron chi connectivity index (χ2n) is 8.76. The molecule has 0 aliphatic carbocycles. The average molecular weight is 558 g/mol. The Morgan fingerprint density at radius 2 is 1.68 bits per heavy atom. The summed E-state index contributed by atoms with van der Waals surface area (Å²) in [6.07, 6.45) is 0.493. The molecule has 0 spiro atoms. The number of rotatable bonds is 11. The summed E-state index contributed by atoms with van der Waals surface area (Å²) >= 11 is 6.32. The number of benzene rings is 3. The zero-order chi connectivity index (χ0) is 27.9. The Morgan fingerprint density at radius 1 is 1.03 bits per heavy atom. The zero-order valence-electron chi connectivity index (χ0n) is 21.8. The molecule has 0 unspecified atom stereocenters. The van der Waals surface area contributed by atoms with Crippen molar-refractivity contribution in [1.82, 2.24) is 10.2 Å². The van der Waals surface area contributed by atoms with Crippen LogP contribution in [0.4, 0.5) is 5.69 Å². The van der Waals surface area contributed by atoms with E-state index in [-0.39, 0.29) is 28.1 Å². The number of methoxy groups -OCH3 is 1. The lowest BCUT2D eigenvalue weighted by atomic mass is 10.1. The van der Waals surface area contributed by atoms with Crippen LogP contribution in [-0.2, 0) is 26.0 Å². The van der Waals surface area contributed by atoms with E-state index in [1.54, 1.807) is 25.1 Å². The number of halogens is 1. The highest BCUT2D eigenvalue weighted by atomic mass is 35.5. The molecule has 1 atom stereocenters. The van der Waals surface area contributed by atoms with Crippen LogP contribution in [-0.4, -0.2) is 58.4 Å². The van der Waals surface area contributed by atoms with Crippen molar-refractivity contribution in [2.24, 2.45) is 0 Å². The summed E-state index contributed by atoms with van der Waals surface area (Å²) < 4.78 is 33.8. The second-order valence-corrected chi connectivity index (χ2v) is 11.0. The third-order valence-electron chi connectivity index (χ3n) is 6.21. The number of ether oxygens (including phenoxy) is 1. The molecule has 0 aromatic heterocycles. The van der Waals surface area contributed by atoms with Crippen LogP contribution in [0.3, 0.4) is 0 Å². The maximum Gasteiger partial charge on any atom is 0.264 e. The highest BCUT2D eigenvalue weighted by Crippen LogP contribution is 2.32. The van der Waals surface area contributed by atoms with E-state index in [9.17, 15) is 18.0 Å². The van der Waals surface area contributed by atoms with E-state index in [1.165, 1.54) is 43.3 Å². The van der Waals surface area contributed by atoms with Crippen molar-refractivity contribution in [3.63, 3.8) is 0 Å². The number of nitrogens with zero attached hydrogens (tertiary/aromatic N) is 2. The van der Waals surface area contributed by atoms with E-state index in [0.29, 0.717) is 12.2 Å². The van der Waals surface area contributed by atoms with Crippen molar-refractivity contribution >= 4 is 39.1 Å². The smallest absolute Gasteiger partial charge is 0.264 e. The van der Waals surface area contributed by atoms with Gasteiger partial charge in [0.05, 0.1) is 22.7 Å². The van der Waals surface area contributed by atoms with E-state index >= 15 is 0 Å². The molecule has 0 aliphatic rings. The number of likely N-dealkylation sites (N-methyl/N-ethyl adjacent to an activating group) is 1. The minimum absolute atomic E-state index is 0.0259. The summed E-state index contributed by atoms with van der Waals surface area (Å²) in [5.74, 6) is -0.515. The molecule has 0 radical (unpaired) electrons. The Bertz CT molecular complexity index is 1360. The van der Waals surface area contributed by atoms with Crippen LogP contribution < -0.4 is 14.4 Å². The Labute approximate surface area is 229 Å². The lowest BCUT2D eigenvalue weighted by molar-refractivity contribution is -0.138. The first kappa shape index (κ1) is 29.0. The van der Waals surface area contributed by atoms with Gasteiger partial charge in [-0.3, -0.25) is 13.9 Å². The van der Waals surface area contributed by atoms with Crippen LogP contribution in [0, 0.1) is 6.92 Å². The first-order chi connectivity index (χ1) is 18.1. The molecule has 8 nitrogen and oxygen atoms in total.